The van der Waals surface area contributed by atoms with Gasteiger partial charge < -0.3 is 14.3 Å². The fraction of sp³-hybridized carbons (Fsp3) is 0.389. The Hall–Kier alpha value is -1.31. The van der Waals surface area contributed by atoms with Crippen LogP contribution >= 0.6 is 34.5 Å². The molecule has 0 bridgehead atoms. The van der Waals surface area contributed by atoms with Crippen LogP contribution in [0.3, 0.4) is 0 Å². The lowest BCUT2D eigenvalue weighted by atomic mass is 10.1. The van der Waals surface area contributed by atoms with Gasteiger partial charge in [0.15, 0.2) is 0 Å². The lowest BCUT2D eigenvalue weighted by Gasteiger charge is -2.25. The molecule has 8 heteroatoms. The summed E-state index contributed by atoms with van der Waals surface area (Å²) < 4.78 is 10.6. The Balaban J connectivity index is 1.77. The van der Waals surface area contributed by atoms with E-state index in [9.17, 15) is 0 Å². The third-order valence-electron chi connectivity index (χ3n) is 4.03. The van der Waals surface area contributed by atoms with Crippen molar-refractivity contribution in [2.75, 3.05) is 46.6 Å². The molecule has 26 heavy (non-hydrogen) atoms. The second-order valence-corrected chi connectivity index (χ2v) is 7.35. The van der Waals surface area contributed by atoms with Gasteiger partial charge >= 0.3 is 0 Å². The highest BCUT2D eigenvalue weighted by atomic mass is 35.5. The first kappa shape index (κ1) is 19.5. The van der Waals surface area contributed by atoms with E-state index in [1.807, 2.05) is 23.6 Å². The summed E-state index contributed by atoms with van der Waals surface area (Å²) in [6.45, 7) is 4.68. The number of methoxy groups -OCH3 is 1. The van der Waals surface area contributed by atoms with Crippen LogP contribution in [0.15, 0.2) is 34.8 Å². The monoisotopic (exact) mass is 414 g/mol. The van der Waals surface area contributed by atoms with Crippen LogP contribution in [0.5, 0.6) is 5.75 Å². The maximum atomic E-state index is 6.46. The Morgan fingerprint density at radius 3 is 2.73 bits per heavy atom. The van der Waals surface area contributed by atoms with Crippen molar-refractivity contribution in [1.29, 1.82) is 0 Å². The summed E-state index contributed by atoms with van der Waals surface area (Å²) in [6.07, 6.45) is 0. The van der Waals surface area contributed by atoms with Gasteiger partial charge in [0.25, 0.3) is 0 Å². The Bertz CT molecular complexity index is 747. The van der Waals surface area contributed by atoms with E-state index >= 15 is 0 Å². The number of morpholine rings is 1. The van der Waals surface area contributed by atoms with Crippen molar-refractivity contribution < 1.29 is 14.3 Å². The second-order valence-electron chi connectivity index (χ2n) is 5.65. The van der Waals surface area contributed by atoms with Crippen LogP contribution in [0.1, 0.15) is 10.4 Å². The molecule has 1 fully saturated rings. The molecule has 1 aromatic heterocycles. The number of oxime groups is 1. The maximum Gasteiger partial charge on any atom is 0.139 e. The van der Waals surface area contributed by atoms with Gasteiger partial charge in [-0.1, -0.05) is 34.4 Å². The fourth-order valence-corrected chi connectivity index (χ4v) is 3.82. The van der Waals surface area contributed by atoms with Crippen LogP contribution < -0.4 is 4.74 Å². The van der Waals surface area contributed by atoms with Gasteiger partial charge in [0, 0.05) is 25.2 Å². The van der Waals surface area contributed by atoms with Crippen LogP contribution in [0.25, 0.3) is 0 Å². The molecule has 0 radical (unpaired) electrons. The molecule has 5 nitrogen and oxygen atoms in total. The highest BCUT2D eigenvalue weighted by Crippen LogP contribution is 2.36. The predicted molar refractivity (Wildman–Crippen MR) is 106 cm³/mol. The van der Waals surface area contributed by atoms with Crippen LogP contribution in [0, 0.1) is 0 Å². The highest BCUT2D eigenvalue weighted by Gasteiger charge is 2.18. The van der Waals surface area contributed by atoms with Gasteiger partial charge in [-0.2, -0.15) is 0 Å². The molecule has 0 saturated carbocycles. The van der Waals surface area contributed by atoms with E-state index in [2.05, 4.69) is 10.1 Å². The summed E-state index contributed by atoms with van der Waals surface area (Å²) in [5, 5.41) is 7.11. The lowest BCUT2D eigenvalue weighted by molar-refractivity contribution is 0.0212. The minimum absolute atomic E-state index is 0.365. The molecular weight excluding hydrogens is 395 g/mol. The molecule has 3 rings (SSSR count). The van der Waals surface area contributed by atoms with Gasteiger partial charge in [0.05, 0.1) is 30.2 Å². The number of benzene rings is 1. The quantitative estimate of drug-likeness (QED) is 0.387. The number of rotatable bonds is 7. The summed E-state index contributed by atoms with van der Waals surface area (Å²) in [5.41, 5.74) is 1.38. The zero-order chi connectivity index (χ0) is 18.4. The van der Waals surface area contributed by atoms with Gasteiger partial charge in [0.1, 0.15) is 23.1 Å². The minimum atomic E-state index is 0.365. The fourth-order valence-electron chi connectivity index (χ4n) is 2.62. The van der Waals surface area contributed by atoms with E-state index in [4.69, 9.17) is 37.5 Å². The average molecular weight is 415 g/mol. The van der Waals surface area contributed by atoms with E-state index in [0.29, 0.717) is 33.7 Å². The maximum absolute atomic E-state index is 6.46. The van der Waals surface area contributed by atoms with Crippen LogP contribution in [0.2, 0.25) is 10.0 Å². The van der Waals surface area contributed by atoms with E-state index in [1.54, 1.807) is 24.5 Å². The van der Waals surface area contributed by atoms with Crippen LogP contribution in [-0.4, -0.2) is 57.2 Å². The zero-order valence-corrected chi connectivity index (χ0v) is 16.7. The smallest absolute Gasteiger partial charge is 0.139 e. The Morgan fingerprint density at radius 2 is 2.04 bits per heavy atom. The molecule has 0 aliphatic carbocycles. The summed E-state index contributed by atoms with van der Waals surface area (Å²) in [6, 6.07) is 7.56. The molecule has 1 aliphatic rings. The largest absolute Gasteiger partial charge is 0.495 e. The highest BCUT2D eigenvalue weighted by molar-refractivity contribution is 7.12. The van der Waals surface area contributed by atoms with Crippen molar-refractivity contribution in [3.63, 3.8) is 0 Å². The van der Waals surface area contributed by atoms with E-state index < -0.39 is 0 Å². The van der Waals surface area contributed by atoms with Crippen LogP contribution in [0.4, 0.5) is 0 Å². The molecule has 0 spiro atoms. The molecule has 1 aliphatic heterocycles. The summed E-state index contributed by atoms with van der Waals surface area (Å²) in [7, 11) is 1.56. The first-order chi connectivity index (χ1) is 12.7. The number of nitrogens with zero attached hydrogens (tertiary/aromatic N) is 2. The molecule has 0 unspecified atom stereocenters. The Morgan fingerprint density at radius 1 is 1.23 bits per heavy atom. The molecule has 0 amide bonds. The molecule has 0 N–H and O–H groups in total. The van der Waals surface area contributed by atoms with Crippen molar-refractivity contribution in [2.24, 2.45) is 5.16 Å². The number of halogens is 2. The number of hydrogen-bond acceptors (Lipinski definition) is 6. The van der Waals surface area contributed by atoms with Gasteiger partial charge in [-0.05, 0) is 23.6 Å². The number of hydrogen-bond donors (Lipinski definition) is 0. The molecule has 1 saturated heterocycles. The Labute approximate surface area is 167 Å². The molecular formula is C18H20Cl2N2O3S. The lowest BCUT2D eigenvalue weighted by Crippen LogP contribution is -2.38. The summed E-state index contributed by atoms with van der Waals surface area (Å²) >= 11 is 14.3. The van der Waals surface area contributed by atoms with E-state index in [0.717, 1.165) is 37.7 Å². The predicted octanol–water partition coefficient (Wildman–Crippen LogP) is 4.16. The van der Waals surface area contributed by atoms with E-state index in [-0.39, 0.29) is 0 Å². The summed E-state index contributed by atoms with van der Waals surface area (Å²) in [5.74, 6) is 0.527. The second kappa shape index (κ2) is 9.58. The van der Waals surface area contributed by atoms with Gasteiger partial charge in [0.2, 0.25) is 0 Å². The van der Waals surface area contributed by atoms with Gasteiger partial charge in [-0.3, -0.25) is 4.90 Å². The SMILES string of the molecule is COc1ccc(C(=NOCCN2CCOCC2)c2cccs2)c(Cl)c1Cl. The summed E-state index contributed by atoms with van der Waals surface area (Å²) in [4.78, 5) is 8.86. The Kier molecular flexibility index (Phi) is 7.16. The number of ether oxygens (including phenoxy) is 2. The average Bonchev–Trinajstić information content (AvgIpc) is 3.20. The number of thiophene rings is 1. The molecule has 140 valence electrons. The van der Waals surface area contributed by atoms with Gasteiger partial charge in [-0.15, -0.1) is 11.3 Å². The van der Waals surface area contributed by atoms with Crippen LogP contribution in [-0.2, 0) is 9.57 Å². The minimum Gasteiger partial charge on any atom is -0.495 e. The van der Waals surface area contributed by atoms with Crippen molar-refractivity contribution in [3.05, 3.63) is 50.1 Å². The van der Waals surface area contributed by atoms with Crippen molar-refractivity contribution >= 4 is 40.3 Å². The van der Waals surface area contributed by atoms with Crippen molar-refractivity contribution in [3.8, 4) is 5.75 Å². The molecule has 2 aromatic rings. The topological polar surface area (TPSA) is 43.3 Å². The molecule has 2 heterocycles. The third kappa shape index (κ3) is 4.69. The zero-order valence-electron chi connectivity index (χ0n) is 14.4. The first-order valence-corrected chi connectivity index (χ1v) is 9.90. The molecule has 1 aromatic carbocycles. The van der Waals surface area contributed by atoms with E-state index in [1.165, 1.54) is 0 Å². The normalized spacial score (nSPS) is 15.9. The third-order valence-corrected chi connectivity index (χ3v) is 5.78. The standard InChI is InChI=1S/C18H20Cl2N2O3S/c1-23-14-5-4-13(16(19)17(14)20)18(15-3-2-12-26-15)21-25-11-8-22-6-9-24-10-7-22/h2-5,12H,6-11H2,1H3. The van der Waals surface area contributed by atoms with Crippen molar-refractivity contribution in [1.82, 2.24) is 4.90 Å². The van der Waals surface area contributed by atoms with Gasteiger partial charge in [-0.25, -0.2) is 0 Å². The van der Waals surface area contributed by atoms with Crippen molar-refractivity contribution in [2.45, 2.75) is 0 Å². The molecule has 0 atom stereocenters. The first-order valence-electron chi connectivity index (χ1n) is 8.27.